The number of hydrogen-bond donors (Lipinski definition) is 2. The van der Waals surface area contributed by atoms with Gasteiger partial charge in [0, 0.05) is 12.0 Å². The Morgan fingerprint density at radius 2 is 1.73 bits per heavy atom. The molecule has 2 N–H and O–H groups in total. The predicted molar refractivity (Wildman–Crippen MR) is 85.0 cm³/mol. The second-order valence-electron chi connectivity index (χ2n) is 5.35. The minimum Gasteiger partial charge on any atom is -0.480 e. The molecule has 0 heterocycles. The molecule has 0 bridgehead atoms. The van der Waals surface area contributed by atoms with Gasteiger partial charge in [0.1, 0.15) is 6.04 Å². The van der Waals surface area contributed by atoms with Gasteiger partial charge in [-0.3, -0.25) is 4.79 Å². The number of hydrogen-bond acceptors (Lipinski definition) is 2. The Hall–Kier alpha value is -2.62. The van der Waals surface area contributed by atoms with Crippen LogP contribution in [0.25, 0.3) is 0 Å². The van der Waals surface area contributed by atoms with Gasteiger partial charge in [-0.15, -0.1) is 0 Å². The second-order valence-corrected chi connectivity index (χ2v) is 5.35. The van der Waals surface area contributed by atoms with Crippen LogP contribution < -0.4 is 5.32 Å². The standard InChI is InChI=1S/C18H19NO3/c1-12-8-9-15(10-13(12)2)17(20)19-16(18(21)22)11-14-6-4-3-5-7-14/h3-10,16H,11H2,1-2H3,(H,19,20)(H,21,22)/t16-/m1/s1. The normalized spacial score (nSPS) is 11.7. The van der Waals surface area contributed by atoms with Gasteiger partial charge in [0.25, 0.3) is 5.91 Å². The fourth-order valence-electron chi connectivity index (χ4n) is 2.17. The molecule has 4 nitrogen and oxygen atoms in total. The maximum Gasteiger partial charge on any atom is 0.326 e. The average molecular weight is 297 g/mol. The van der Waals surface area contributed by atoms with E-state index in [1.165, 1.54) is 0 Å². The van der Waals surface area contributed by atoms with Crippen molar-refractivity contribution in [2.45, 2.75) is 26.3 Å². The van der Waals surface area contributed by atoms with Crippen LogP contribution in [-0.2, 0) is 11.2 Å². The molecule has 0 aliphatic carbocycles. The zero-order valence-corrected chi connectivity index (χ0v) is 12.7. The van der Waals surface area contributed by atoms with E-state index >= 15 is 0 Å². The molecule has 2 rings (SSSR count). The minimum absolute atomic E-state index is 0.257. The summed E-state index contributed by atoms with van der Waals surface area (Å²) in [5, 5.41) is 11.9. The monoisotopic (exact) mass is 297 g/mol. The van der Waals surface area contributed by atoms with E-state index in [9.17, 15) is 14.7 Å². The van der Waals surface area contributed by atoms with Crippen LogP contribution in [0.1, 0.15) is 27.0 Å². The van der Waals surface area contributed by atoms with Crippen molar-refractivity contribution in [3.05, 3.63) is 70.8 Å². The summed E-state index contributed by atoms with van der Waals surface area (Å²) in [5.74, 6) is -1.41. The van der Waals surface area contributed by atoms with E-state index < -0.39 is 12.0 Å². The summed E-state index contributed by atoms with van der Waals surface area (Å²) in [7, 11) is 0. The SMILES string of the molecule is Cc1ccc(C(=O)N[C@H](Cc2ccccc2)C(=O)O)cc1C. The second kappa shape index (κ2) is 6.89. The molecule has 0 aromatic heterocycles. The van der Waals surface area contributed by atoms with Crippen LogP contribution in [-0.4, -0.2) is 23.0 Å². The van der Waals surface area contributed by atoms with Crippen LogP contribution in [0.2, 0.25) is 0 Å². The zero-order valence-electron chi connectivity index (χ0n) is 12.7. The third kappa shape index (κ3) is 3.95. The highest BCUT2D eigenvalue weighted by atomic mass is 16.4. The summed E-state index contributed by atoms with van der Waals surface area (Å²) in [6, 6.07) is 13.6. The van der Waals surface area contributed by atoms with Gasteiger partial charge in [0.15, 0.2) is 0 Å². The van der Waals surface area contributed by atoms with E-state index in [1.807, 2.05) is 50.2 Å². The zero-order chi connectivity index (χ0) is 16.1. The van der Waals surface area contributed by atoms with Crippen LogP contribution >= 0.6 is 0 Å². The van der Waals surface area contributed by atoms with Crippen molar-refractivity contribution >= 4 is 11.9 Å². The maximum absolute atomic E-state index is 12.2. The largest absolute Gasteiger partial charge is 0.480 e. The maximum atomic E-state index is 12.2. The lowest BCUT2D eigenvalue weighted by atomic mass is 10.0. The summed E-state index contributed by atoms with van der Waals surface area (Å²) in [6.45, 7) is 3.89. The quantitative estimate of drug-likeness (QED) is 0.891. The molecule has 1 amide bonds. The van der Waals surface area contributed by atoms with E-state index in [0.717, 1.165) is 16.7 Å². The first kappa shape index (κ1) is 15.8. The molecule has 2 aromatic rings. The number of nitrogens with one attached hydrogen (secondary N) is 1. The average Bonchev–Trinajstić information content (AvgIpc) is 2.50. The van der Waals surface area contributed by atoms with Gasteiger partial charge in [-0.05, 0) is 42.7 Å². The summed E-state index contributed by atoms with van der Waals surface area (Å²) in [6.07, 6.45) is 0.257. The third-order valence-corrected chi connectivity index (χ3v) is 3.66. The Bertz CT molecular complexity index is 680. The van der Waals surface area contributed by atoms with Gasteiger partial charge in [-0.1, -0.05) is 36.4 Å². The number of carboxylic acid groups (broad SMARTS) is 1. The Kier molecular flexibility index (Phi) is 4.94. The van der Waals surface area contributed by atoms with Crippen LogP contribution in [0.4, 0.5) is 0 Å². The van der Waals surface area contributed by atoms with Crippen LogP contribution in [0.3, 0.4) is 0 Å². The lowest BCUT2D eigenvalue weighted by molar-refractivity contribution is -0.139. The molecule has 114 valence electrons. The lowest BCUT2D eigenvalue weighted by Crippen LogP contribution is -2.42. The molecule has 2 aromatic carbocycles. The number of rotatable bonds is 5. The first-order chi connectivity index (χ1) is 10.5. The molecule has 22 heavy (non-hydrogen) atoms. The van der Waals surface area contributed by atoms with E-state index in [4.69, 9.17) is 0 Å². The third-order valence-electron chi connectivity index (χ3n) is 3.66. The number of carboxylic acids is 1. The van der Waals surface area contributed by atoms with E-state index in [2.05, 4.69) is 5.32 Å². The van der Waals surface area contributed by atoms with Crippen molar-refractivity contribution in [1.82, 2.24) is 5.32 Å². The molecule has 0 saturated carbocycles. The topological polar surface area (TPSA) is 66.4 Å². The summed E-state index contributed by atoms with van der Waals surface area (Å²) in [4.78, 5) is 23.6. The molecule has 0 spiro atoms. The Morgan fingerprint density at radius 3 is 2.32 bits per heavy atom. The van der Waals surface area contributed by atoms with E-state index in [1.54, 1.807) is 12.1 Å². The van der Waals surface area contributed by atoms with Crippen LogP contribution in [0.5, 0.6) is 0 Å². The number of carbonyl (C=O) groups excluding carboxylic acids is 1. The van der Waals surface area contributed by atoms with Crippen molar-refractivity contribution in [1.29, 1.82) is 0 Å². The van der Waals surface area contributed by atoms with E-state index in [-0.39, 0.29) is 12.3 Å². The lowest BCUT2D eigenvalue weighted by Gasteiger charge is -2.15. The van der Waals surface area contributed by atoms with Crippen molar-refractivity contribution in [3.63, 3.8) is 0 Å². The Morgan fingerprint density at radius 1 is 1.05 bits per heavy atom. The molecule has 0 unspecified atom stereocenters. The molecular formula is C18H19NO3. The first-order valence-electron chi connectivity index (χ1n) is 7.12. The van der Waals surface area contributed by atoms with Gasteiger partial charge in [-0.25, -0.2) is 4.79 Å². The molecule has 0 aliphatic rings. The van der Waals surface area contributed by atoms with Gasteiger partial charge in [0.2, 0.25) is 0 Å². The number of benzene rings is 2. The number of aliphatic carboxylic acids is 1. The van der Waals surface area contributed by atoms with Crippen LogP contribution in [0, 0.1) is 13.8 Å². The highest BCUT2D eigenvalue weighted by Gasteiger charge is 2.21. The predicted octanol–water partition coefficient (Wildman–Crippen LogP) is 2.73. The molecule has 0 saturated heterocycles. The van der Waals surface area contributed by atoms with Gasteiger partial charge in [0.05, 0.1) is 0 Å². The molecule has 1 atom stereocenters. The van der Waals surface area contributed by atoms with Crippen molar-refractivity contribution in [2.24, 2.45) is 0 Å². The number of amides is 1. The molecule has 0 radical (unpaired) electrons. The molecular weight excluding hydrogens is 278 g/mol. The van der Waals surface area contributed by atoms with Gasteiger partial charge >= 0.3 is 5.97 Å². The van der Waals surface area contributed by atoms with Gasteiger partial charge < -0.3 is 10.4 Å². The molecule has 0 fully saturated rings. The van der Waals surface area contributed by atoms with Crippen LogP contribution in [0.15, 0.2) is 48.5 Å². The fraction of sp³-hybridized carbons (Fsp3) is 0.222. The molecule has 0 aliphatic heterocycles. The minimum atomic E-state index is -1.04. The number of aryl methyl sites for hydroxylation is 2. The van der Waals surface area contributed by atoms with Crippen molar-refractivity contribution in [3.8, 4) is 0 Å². The Balaban J connectivity index is 2.12. The first-order valence-corrected chi connectivity index (χ1v) is 7.12. The fourth-order valence-corrected chi connectivity index (χ4v) is 2.17. The van der Waals surface area contributed by atoms with Gasteiger partial charge in [-0.2, -0.15) is 0 Å². The number of carbonyl (C=O) groups is 2. The summed E-state index contributed by atoms with van der Waals surface area (Å²) < 4.78 is 0. The molecule has 4 heteroatoms. The highest BCUT2D eigenvalue weighted by Crippen LogP contribution is 2.11. The highest BCUT2D eigenvalue weighted by molar-refractivity contribution is 5.96. The summed E-state index contributed by atoms with van der Waals surface area (Å²) in [5.41, 5.74) is 3.44. The smallest absolute Gasteiger partial charge is 0.326 e. The van der Waals surface area contributed by atoms with E-state index in [0.29, 0.717) is 5.56 Å². The van der Waals surface area contributed by atoms with Crippen molar-refractivity contribution < 1.29 is 14.7 Å². The Labute approximate surface area is 129 Å². The van der Waals surface area contributed by atoms with Crippen molar-refractivity contribution in [2.75, 3.05) is 0 Å². The summed E-state index contributed by atoms with van der Waals surface area (Å²) >= 11 is 0.